The molecule has 0 spiro atoms. The lowest BCUT2D eigenvalue weighted by atomic mass is 9.99. The molecule has 1 N–H and O–H groups in total. The summed E-state index contributed by atoms with van der Waals surface area (Å²) >= 11 is 0. The highest BCUT2D eigenvalue weighted by Gasteiger charge is 2.42. The lowest BCUT2D eigenvalue weighted by molar-refractivity contribution is -0.142. The van der Waals surface area contributed by atoms with Crippen molar-refractivity contribution in [2.75, 3.05) is 26.2 Å². The molecule has 0 aromatic rings. The number of halogens is 4. The molecule has 0 aromatic heterocycles. The molecule has 2 unspecified atom stereocenters. The molecule has 0 bridgehead atoms. The number of alkyl halides is 4. The van der Waals surface area contributed by atoms with Crippen LogP contribution in [0.25, 0.3) is 0 Å². The first-order chi connectivity index (χ1) is 8.36. The Labute approximate surface area is 106 Å². The SMILES string of the molecule is CCC(C)C1CN(CC(F)(F)C(F)F)CCCN1. The van der Waals surface area contributed by atoms with Gasteiger partial charge in [-0.15, -0.1) is 0 Å². The maximum atomic E-state index is 13.1. The van der Waals surface area contributed by atoms with Crippen molar-refractivity contribution in [3.05, 3.63) is 0 Å². The van der Waals surface area contributed by atoms with Gasteiger partial charge in [-0.25, -0.2) is 8.78 Å². The van der Waals surface area contributed by atoms with Gasteiger partial charge in [-0.3, -0.25) is 4.90 Å². The van der Waals surface area contributed by atoms with Gasteiger partial charge in [-0.2, -0.15) is 8.78 Å². The number of hydrogen-bond acceptors (Lipinski definition) is 2. The minimum Gasteiger partial charge on any atom is -0.312 e. The number of rotatable bonds is 5. The molecule has 2 atom stereocenters. The second kappa shape index (κ2) is 6.70. The van der Waals surface area contributed by atoms with Crippen molar-refractivity contribution >= 4 is 0 Å². The Hall–Kier alpha value is -0.360. The summed E-state index contributed by atoms with van der Waals surface area (Å²) in [6.45, 7) is 4.85. The fraction of sp³-hybridized carbons (Fsp3) is 1.00. The predicted molar refractivity (Wildman–Crippen MR) is 63.3 cm³/mol. The predicted octanol–water partition coefficient (Wildman–Crippen LogP) is 2.60. The molecule has 0 radical (unpaired) electrons. The first kappa shape index (κ1) is 15.7. The van der Waals surface area contributed by atoms with Crippen molar-refractivity contribution in [3.8, 4) is 0 Å². The van der Waals surface area contributed by atoms with Gasteiger partial charge in [0.25, 0.3) is 0 Å². The van der Waals surface area contributed by atoms with Crippen molar-refractivity contribution in [1.29, 1.82) is 0 Å². The highest BCUT2D eigenvalue weighted by molar-refractivity contribution is 4.83. The molecule has 1 aliphatic rings. The van der Waals surface area contributed by atoms with Gasteiger partial charge in [0.15, 0.2) is 0 Å². The van der Waals surface area contributed by atoms with Crippen LogP contribution in [-0.4, -0.2) is 49.5 Å². The Morgan fingerprint density at radius 3 is 2.61 bits per heavy atom. The fourth-order valence-corrected chi connectivity index (χ4v) is 2.20. The smallest absolute Gasteiger partial charge is 0.312 e. The average molecular weight is 270 g/mol. The number of nitrogens with one attached hydrogen (secondary N) is 1. The lowest BCUT2D eigenvalue weighted by Gasteiger charge is -2.30. The molecule has 0 amide bonds. The molecule has 1 fully saturated rings. The summed E-state index contributed by atoms with van der Waals surface area (Å²) in [6, 6.07) is 0.103. The highest BCUT2D eigenvalue weighted by atomic mass is 19.3. The molecule has 0 saturated carbocycles. The molecule has 0 aromatic carbocycles. The van der Waals surface area contributed by atoms with Crippen LogP contribution < -0.4 is 5.32 Å². The van der Waals surface area contributed by atoms with Crippen molar-refractivity contribution in [3.63, 3.8) is 0 Å². The average Bonchev–Trinajstić information content (AvgIpc) is 2.52. The molecular formula is C12H22F4N2. The third kappa shape index (κ3) is 4.39. The van der Waals surface area contributed by atoms with Gasteiger partial charge < -0.3 is 5.32 Å². The summed E-state index contributed by atoms with van der Waals surface area (Å²) in [5, 5.41) is 3.30. The molecule has 1 heterocycles. The fourth-order valence-electron chi connectivity index (χ4n) is 2.20. The first-order valence-corrected chi connectivity index (χ1v) is 6.48. The zero-order chi connectivity index (χ0) is 13.8. The van der Waals surface area contributed by atoms with Gasteiger partial charge >= 0.3 is 12.3 Å². The summed E-state index contributed by atoms with van der Waals surface area (Å²) < 4.78 is 50.5. The third-order valence-corrected chi connectivity index (χ3v) is 3.60. The summed E-state index contributed by atoms with van der Waals surface area (Å²) in [6.07, 6.45) is -1.93. The van der Waals surface area contributed by atoms with Gasteiger partial charge in [0.05, 0.1) is 6.54 Å². The molecule has 1 saturated heterocycles. The van der Waals surface area contributed by atoms with Crippen molar-refractivity contribution in [1.82, 2.24) is 10.2 Å². The summed E-state index contributed by atoms with van der Waals surface area (Å²) in [5.41, 5.74) is 0. The van der Waals surface area contributed by atoms with Gasteiger partial charge in [0, 0.05) is 12.6 Å². The summed E-state index contributed by atoms with van der Waals surface area (Å²) in [5.74, 6) is -3.56. The van der Waals surface area contributed by atoms with E-state index in [1.54, 1.807) is 0 Å². The van der Waals surface area contributed by atoms with Gasteiger partial charge in [-0.1, -0.05) is 20.3 Å². The Bertz CT molecular complexity index is 248. The second-order valence-electron chi connectivity index (χ2n) is 5.10. The van der Waals surface area contributed by atoms with E-state index in [0.29, 0.717) is 25.4 Å². The largest absolute Gasteiger partial charge is 0.319 e. The molecule has 0 aliphatic carbocycles. The first-order valence-electron chi connectivity index (χ1n) is 6.48. The number of nitrogens with zero attached hydrogens (tertiary/aromatic N) is 1. The minimum atomic E-state index is -3.91. The minimum absolute atomic E-state index is 0.103. The Morgan fingerprint density at radius 1 is 1.39 bits per heavy atom. The van der Waals surface area contributed by atoms with Crippen LogP contribution in [0.1, 0.15) is 26.7 Å². The molecule has 1 aliphatic heterocycles. The van der Waals surface area contributed by atoms with Crippen molar-refractivity contribution < 1.29 is 17.6 Å². The van der Waals surface area contributed by atoms with Crippen LogP contribution in [0.15, 0.2) is 0 Å². The zero-order valence-electron chi connectivity index (χ0n) is 10.9. The van der Waals surface area contributed by atoms with E-state index in [0.717, 1.165) is 13.0 Å². The summed E-state index contributed by atoms with van der Waals surface area (Å²) in [4.78, 5) is 1.46. The zero-order valence-corrected chi connectivity index (χ0v) is 10.9. The van der Waals surface area contributed by atoms with E-state index in [1.165, 1.54) is 4.90 Å². The Morgan fingerprint density at radius 2 is 2.06 bits per heavy atom. The van der Waals surface area contributed by atoms with Gasteiger partial charge in [0.2, 0.25) is 0 Å². The molecule has 2 nitrogen and oxygen atoms in total. The standard InChI is InChI=1S/C12H22F4N2/c1-3-9(2)10-7-18(6-4-5-17-10)8-12(15,16)11(13)14/h9-11,17H,3-8H2,1-2H3. The molecule has 18 heavy (non-hydrogen) atoms. The van der Waals surface area contributed by atoms with E-state index < -0.39 is 18.9 Å². The topological polar surface area (TPSA) is 15.3 Å². The Balaban J connectivity index is 2.59. The van der Waals surface area contributed by atoms with Crippen molar-refractivity contribution in [2.45, 2.75) is 45.1 Å². The van der Waals surface area contributed by atoms with Gasteiger partial charge in [0.1, 0.15) is 0 Å². The van der Waals surface area contributed by atoms with E-state index in [-0.39, 0.29) is 6.04 Å². The van der Waals surface area contributed by atoms with Crippen LogP contribution >= 0.6 is 0 Å². The van der Waals surface area contributed by atoms with Crippen molar-refractivity contribution in [2.24, 2.45) is 5.92 Å². The normalized spacial score (nSPS) is 25.2. The molecule has 1 rings (SSSR count). The van der Waals surface area contributed by atoms with Crippen LogP contribution in [0, 0.1) is 5.92 Å². The third-order valence-electron chi connectivity index (χ3n) is 3.60. The second-order valence-corrected chi connectivity index (χ2v) is 5.10. The maximum Gasteiger partial charge on any atom is 0.319 e. The van der Waals surface area contributed by atoms with E-state index in [2.05, 4.69) is 5.32 Å². The molecular weight excluding hydrogens is 248 g/mol. The van der Waals surface area contributed by atoms with E-state index in [9.17, 15) is 17.6 Å². The lowest BCUT2D eigenvalue weighted by Crippen LogP contribution is -2.47. The quantitative estimate of drug-likeness (QED) is 0.773. The highest BCUT2D eigenvalue weighted by Crippen LogP contribution is 2.25. The van der Waals surface area contributed by atoms with Crippen LogP contribution in [0.3, 0.4) is 0 Å². The van der Waals surface area contributed by atoms with Gasteiger partial charge in [-0.05, 0) is 25.4 Å². The van der Waals surface area contributed by atoms with Crippen LogP contribution in [0.4, 0.5) is 17.6 Å². The number of hydrogen-bond donors (Lipinski definition) is 1. The van der Waals surface area contributed by atoms with E-state index >= 15 is 0 Å². The van der Waals surface area contributed by atoms with E-state index in [4.69, 9.17) is 0 Å². The molecule has 6 heteroatoms. The molecule has 108 valence electrons. The van der Waals surface area contributed by atoms with Crippen LogP contribution in [0.2, 0.25) is 0 Å². The maximum absolute atomic E-state index is 13.1. The van der Waals surface area contributed by atoms with Crippen LogP contribution in [-0.2, 0) is 0 Å². The summed E-state index contributed by atoms with van der Waals surface area (Å²) in [7, 11) is 0. The Kier molecular flexibility index (Phi) is 5.85. The monoisotopic (exact) mass is 270 g/mol. The van der Waals surface area contributed by atoms with E-state index in [1.807, 2.05) is 13.8 Å². The van der Waals surface area contributed by atoms with Crippen LogP contribution in [0.5, 0.6) is 0 Å².